The van der Waals surface area contributed by atoms with Gasteiger partial charge in [0, 0.05) is 18.4 Å². The first-order valence-electron chi connectivity index (χ1n) is 8.31. The van der Waals surface area contributed by atoms with Gasteiger partial charge in [-0.25, -0.2) is 0 Å². The lowest BCUT2D eigenvalue weighted by Crippen LogP contribution is -2.12. The Morgan fingerprint density at radius 2 is 1.88 bits per heavy atom. The van der Waals surface area contributed by atoms with E-state index in [2.05, 4.69) is 24.1 Å². The van der Waals surface area contributed by atoms with E-state index in [-0.39, 0.29) is 5.91 Å². The van der Waals surface area contributed by atoms with Gasteiger partial charge in [0.15, 0.2) is 0 Å². The zero-order chi connectivity index (χ0) is 17.2. The Morgan fingerprint density at radius 1 is 1.12 bits per heavy atom. The first kappa shape index (κ1) is 18.1. The molecule has 0 unspecified atom stereocenters. The van der Waals surface area contributed by atoms with Gasteiger partial charge in [-0.15, -0.1) is 0 Å². The maximum absolute atomic E-state index is 12.0. The van der Waals surface area contributed by atoms with Crippen LogP contribution in [0.1, 0.15) is 43.7 Å². The van der Waals surface area contributed by atoms with Gasteiger partial charge in [-0.05, 0) is 42.7 Å². The maximum atomic E-state index is 12.0. The third kappa shape index (κ3) is 6.10. The lowest BCUT2D eigenvalue weighted by Gasteiger charge is -2.07. The standard InChI is InChI=1S/C21H22ClNO/c1-2-3-4-5-8-17-11-13-18(14-12-17)15-16-21(24)23-20-10-7-6-9-19(20)22/h6-7,9-14H,2-4,15-16H2,1H3,(H,23,24). The van der Waals surface area contributed by atoms with Crippen molar-refractivity contribution < 1.29 is 4.79 Å². The largest absolute Gasteiger partial charge is 0.325 e. The van der Waals surface area contributed by atoms with Crippen LogP contribution in [0.15, 0.2) is 48.5 Å². The van der Waals surface area contributed by atoms with E-state index >= 15 is 0 Å². The summed E-state index contributed by atoms with van der Waals surface area (Å²) in [5.41, 5.74) is 2.81. The average Bonchev–Trinajstić information content (AvgIpc) is 2.60. The summed E-state index contributed by atoms with van der Waals surface area (Å²) in [5.74, 6) is 6.31. The number of benzene rings is 2. The fourth-order valence-electron chi connectivity index (χ4n) is 2.22. The molecule has 0 aliphatic rings. The molecule has 0 bridgehead atoms. The minimum atomic E-state index is -0.0356. The summed E-state index contributed by atoms with van der Waals surface area (Å²) in [6.45, 7) is 2.17. The molecular weight excluding hydrogens is 318 g/mol. The molecule has 0 saturated heterocycles. The van der Waals surface area contributed by atoms with Crippen molar-refractivity contribution in [2.24, 2.45) is 0 Å². The molecule has 0 heterocycles. The van der Waals surface area contributed by atoms with Crippen LogP contribution >= 0.6 is 11.6 Å². The van der Waals surface area contributed by atoms with E-state index in [1.807, 2.05) is 36.4 Å². The average molecular weight is 340 g/mol. The third-order valence-corrected chi connectivity index (χ3v) is 3.96. The van der Waals surface area contributed by atoms with Crippen LogP contribution in [0.5, 0.6) is 0 Å². The van der Waals surface area contributed by atoms with Crippen LogP contribution in [0.4, 0.5) is 5.69 Å². The quantitative estimate of drug-likeness (QED) is 0.550. The predicted octanol–water partition coefficient (Wildman–Crippen LogP) is 5.45. The molecular formula is C21H22ClNO. The second kappa shape index (κ2) is 9.80. The van der Waals surface area contributed by atoms with Gasteiger partial charge in [-0.2, -0.15) is 0 Å². The zero-order valence-electron chi connectivity index (χ0n) is 13.9. The number of halogens is 1. The number of anilines is 1. The molecule has 0 fully saturated rings. The Bertz CT molecular complexity index is 725. The monoisotopic (exact) mass is 339 g/mol. The van der Waals surface area contributed by atoms with Crippen LogP contribution in [-0.2, 0) is 11.2 Å². The highest BCUT2D eigenvalue weighted by atomic mass is 35.5. The van der Waals surface area contributed by atoms with Gasteiger partial charge in [0.05, 0.1) is 10.7 Å². The highest BCUT2D eigenvalue weighted by Gasteiger charge is 2.05. The lowest BCUT2D eigenvalue weighted by molar-refractivity contribution is -0.116. The molecule has 124 valence electrons. The number of rotatable bonds is 6. The first-order chi connectivity index (χ1) is 11.7. The van der Waals surface area contributed by atoms with Gasteiger partial charge in [0.1, 0.15) is 0 Å². The molecule has 2 aromatic rings. The van der Waals surface area contributed by atoms with Gasteiger partial charge < -0.3 is 5.32 Å². The fourth-order valence-corrected chi connectivity index (χ4v) is 2.40. The molecule has 1 N–H and O–H groups in total. The molecule has 0 atom stereocenters. The van der Waals surface area contributed by atoms with Crippen LogP contribution in [0.3, 0.4) is 0 Å². The number of unbranched alkanes of at least 4 members (excludes halogenated alkanes) is 2. The molecule has 0 radical (unpaired) electrons. The van der Waals surface area contributed by atoms with Crippen LogP contribution < -0.4 is 5.32 Å². The summed E-state index contributed by atoms with van der Waals surface area (Å²) in [4.78, 5) is 12.0. The molecule has 0 aliphatic heterocycles. The van der Waals surface area contributed by atoms with Crippen LogP contribution in [0.25, 0.3) is 0 Å². The van der Waals surface area contributed by atoms with Gasteiger partial charge >= 0.3 is 0 Å². The zero-order valence-corrected chi connectivity index (χ0v) is 14.7. The van der Waals surface area contributed by atoms with Crippen molar-refractivity contribution in [3.63, 3.8) is 0 Å². The maximum Gasteiger partial charge on any atom is 0.224 e. The van der Waals surface area contributed by atoms with Crippen LogP contribution in [-0.4, -0.2) is 5.91 Å². The van der Waals surface area contributed by atoms with Gasteiger partial charge in [0.25, 0.3) is 0 Å². The highest BCUT2D eigenvalue weighted by Crippen LogP contribution is 2.20. The van der Waals surface area contributed by atoms with Crippen molar-refractivity contribution in [1.29, 1.82) is 0 Å². The summed E-state index contributed by atoms with van der Waals surface area (Å²) in [7, 11) is 0. The van der Waals surface area contributed by atoms with E-state index < -0.39 is 0 Å². The van der Waals surface area contributed by atoms with Crippen LogP contribution in [0.2, 0.25) is 5.02 Å². The number of carbonyl (C=O) groups is 1. The molecule has 2 aromatic carbocycles. The molecule has 0 aromatic heterocycles. The van der Waals surface area contributed by atoms with E-state index in [1.165, 1.54) is 6.42 Å². The van der Waals surface area contributed by atoms with Crippen molar-refractivity contribution in [2.45, 2.75) is 39.0 Å². The van der Waals surface area contributed by atoms with Gasteiger partial charge in [-0.3, -0.25) is 4.79 Å². The molecule has 3 heteroatoms. The third-order valence-electron chi connectivity index (χ3n) is 3.63. The number of hydrogen-bond donors (Lipinski definition) is 1. The number of nitrogens with one attached hydrogen (secondary N) is 1. The van der Waals surface area contributed by atoms with Crippen LogP contribution in [0, 0.1) is 11.8 Å². The molecule has 24 heavy (non-hydrogen) atoms. The van der Waals surface area contributed by atoms with E-state index in [1.54, 1.807) is 12.1 Å². The number of carbonyl (C=O) groups excluding carboxylic acids is 1. The van der Waals surface area contributed by atoms with Crippen molar-refractivity contribution in [3.8, 4) is 11.8 Å². The molecule has 2 nitrogen and oxygen atoms in total. The normalized spacial score (nSPS) is 9.92. The topological polar surface area (TPSA) is 29.1 Å². The molecule has 0 saturated carbocycles. The van der Waals surface area contributed by atoms with Crippen molar-refractivity contribution >= 4 is 23.2 Å². The summed E-state index contributed by atoms with van der Waals surface area (Å²) < 4.78 is 0. The Labute approximate surface area is 149 Å². The van der Waals surface area contributed by atoms with E-state index in [9.17, 15) is 4.79 Å². The summed E-state index contributed by atoms with van der Waals surface area (Å²) in [6, 6.07) is 15.3. The number of hydrogen-bond acceptors (Lipinski definition) is 1. The van der Waals surface area contributed by atoms with Crippen molar-refractivity contribution in [2.75, 3.05) is 5.32 Å². The predicted molar refractivity (Wildman–Crippen MR) is 101 cm³/mol. The molecule has 0 aliphatic carbocycles. The Hall–Kier alpha value is -2.24. The number of para-hydroxylation sites is 1. The smallest absolute Gasteiger partial charge is 0.224 e. The minimum Gasteiger partial charge on any atom is -0.325 e. The molecule has 0 spiro atoms. The number of aryl methyl sites for hydroxylation is 1. The lowest BCUT2D eigenvalue weighted by atomic mass is 10.1. The second-order valence-electron chi connectivity index (χ2n) is 5.63. The van der Waals surface area contributed by atoms with Gasteiger partial charge in [-0.1, -0.05) is 61.1 Å². The fraction of sp³-hybridized carbons (Fsp3) is 0.286. The van der Waals surface area contributed by atoms with Crippen molar-refractivity contribution in [1.82, 2.24) is 0 Å². The molecule has 1 amide bonds. The van der Waals surface area contributed by atoms with Crippen molar-refractivity contribution in [3.05, 3.63) is 64.7 Å². The SMILES string of the molecule is CCCCC#Cc1ccc(CCC(=O)Nc2ccccc2Cl)cc1. The number of amides is 1. The summed E-state index contributed by atoms with van der Waals surface area (Å²) in [5, 5.41) is 3.39. The second-order valence-corrected chi connectivity index (χ2v) is 6.04. The molecule has 2 rings (SSSR count). The van der Waals surface area contributed by atoms with E-state index in [0.717, 1.165) is 24.0 Å². The van der Waals surface area contributed by atoms with E-state index in [4.69, 9.17) is 11.6 Å². The van der Waals surface area contributed by atoms with E-state index in [0.29, 0.717) is 23.6 Å². The Balaban J connectivity index is 1.82. The first-order valence-corrected chi connectivity index (χ1v) is 8.69. The Kier molecular flexibility index (Phi) is 7.39. The minimum absolute atomic E-state index is 0.0356. The summed E-state index contributed by atoms with van der Waals surface area (Å²) in [6.07, 6.45) is 4.38. The van der Waals surface area contributed by atoms with Gasteiger partial charge in [0.2, 0.25) is 5.91 Å². The Morgan fingerprint density at radius 3 is 2.58 bits per heavy atom. The summed E-state index contributed by atoms with van der Waals surface area (Å²) >= 11 is 6.04. The highest BCUT2D eigenvalue weighted by molar-refractivity contribution is 6.33.